The van der Waals surface area contributed by atoms with Crippen LogP contribution >= 0.6 is 0 Å². The Morgan fingerprint density at radius 1 is 1.12 bits per heavy atom. The molecule has 3 rings (SSSR count). The summed E-state index contributed by atoms with van der Waals surface area (Å²) in [6.07, 6.45) is 4.18. The number of carbonyl (C=O) groups is 3. The molecule has 0 saturated carbocycles. The minimum absolute atomic E-state index is 0.210. The van der Waals surface area contributed by atoms with Crippen molar-refractivity contribution in [2.24, 2.45) is 0 Å². The summed E-state index contributed by atoms with van der Waals surface area (Å²) in [6, 6.07) is 8.00. The molecule has 0 radical (unpaired) electrons. The van der Waals surface area contributed by atoms with Gasteiger partial charge in [0.15, 0.2) is 0 Å². The van der Waals surface area contributed by atoms with Crippen LogP contribution in [0.2, 0.25) is 0 Å². The van der Waals surface area contributed by atoms with Gasteiger partial charge in [-0.3, -0.25) is 9.59 Å². The fraction of sp³-hybridized carbons (Fsp3) is 0.111. The third-order valence-electron chi connectivity index (χ3n) is 3.75. The molecule has 0 fully saturated rings. The van der Waals surface area contributed by atoms with E-state index in [0.717, 1.165) is 4.90 Å². The van der Waals surface area contributed by atoms with Crippen molar-refractivity contribution in [3.8, 4) is 5.88 Å². The Morgan fingerprint density at radius 2 is 1.76 bits per heavy atom. The van der Waals surface area contributed by atoms with Crippen molar-refractivity contribution < 1.29 is 23.9 Å². The van der Waals surface area contributed by atoms with Gasteiger partial charge in [0, 0.05) is 24.0 Å². The largest absolute Gasteiger partial charge is 0.481 e. The maximum atomic E-state index is 12.3. The standard InChI is InChI=1S/C18H14N2O5/c1-24-15-9-14(18(23)25-2)11(10-19-15)7-8-20-16(21)12-5-3-4-6-13(12)17(20)22/h3-10H,1-2H3/b8-7+. The Kier molecular flexibility index (Phi) is 4.30. The summed E-state index contributed by atoms with van der Waals surface area (Å²) in [4.78, 5) is 41.6. The molecule has 1 aromatic heterocycles. The van der Waals surface area contributed by atoms with Crippen LogP contribution < -0.4 is 4.74 Å². The molecule has 1 aliphatic heterocycles. The maximum Gasteiger partial charge on any atom is 0.338 e. The Bertz CT molecular complexity index is 869. The molecule has 0 saturated heterocycles. The summed E-state index contributed by atoms with van der Waals surface area (Å²) >= 11 is 0. The molecule has 1 aromatic carbocycles. The summed E-state index contributed by atoms with van der Waals surface area (Å²) in [5.74, 6) is -1.17. The molecule has 1 aliphatic rings. The van der Waals surface area contributed by atoms with Crippen LogP contribution in [0.4, 0.5) is 0 Å². The smallest absolute Gasteiger partial charge is 0.338 e. The maximum absolute atomic E-state index is 12.3. The highest BCUT2D eigenvalue weighted by Gasteiger charge is 2.33. The molecule has 2 aromatic rings. The Morgan fingerprint density at radius 3 is 2.32 bits per heavy atom. The zero-order valence-electron chi connectivity index (χ0n) is 13.6. The molecule has 0 spiro atoms. The summed E-state index contributed by atoms with van der Waals surface area (Å²) < 4.78 is 9.73. The van der Waals surface area contributed by atoms with E-state index in [-0.39, 0.29) is 11.4 Å². The highest BCUT2D eigenvalue weighted by molar-refractivity contribution is 6.22. The first-order valence-electron chi connectivity index (χ1n) is 7.34. The van der Waals surface area contributed by atoms with Crippen LogP contribution in [0.15, 0.2) is 42.7 Å². The van der Waals surface area contributed by atoms with Crippen molar-refractivity contribution in [1.82, 2.24) is 9.88 Å². The Hall–Kier alpha value is -3.48. The van der Waals surface area contributed by atoms with Crippen molar-refractivity contribution in [3.63, 3.8) is 0 Å². The average molecular weight is 338 g/mol. The minimum Gasteiger partial charge on any atom is -0.481 e. The predicted molar refractivity (Wildman–Crippen MR) is 88.1 cm³/mol. The van der Waals surface area contributed by atoms with E-state index in [9.17, 15) is 14.4 Å². The Balaban J connectivity index is 1.94. The van der Waals surface area contributed by atoms with Crippen LogP contribution in [0.1, 0.15) is 36.6 Å². The number of amides is 2. The van der Waals surface area contributed by atoms with E-state index in [1.807, 2.05) is 0 Å². The van der Waals surface area contributed by atoms with Crippen molar-refractivity contribution in [3.05, 3.63) is 65.0 Å². The molecule has 0 N–H and O–H groups in total. The van der Waals surface area contributed by atoms with Crippen LogP contribution in [-0.4, -0.2) is 41.9 Å². The lowest BCUT2D eigenvalue weighted by atomic mass is 10.1. The van der Waals surface area contributed by atoms with Gasteiger partial charge in [-0.1, -0.05) is 12.1 Å². The number of benzene rings is 1. The minimum atomic E-state index is -0.581. The number of fused-ring (bicyclic) bond motifs is 1. The number of hydrogen-bond donors (Lipinski definition) is 0. The monoisotopic (exact) mass is 338 g/mol. The number of aromatic nitrogens is 1. The van der Waals surface area contributed by atoms with Crippen LogP contribution in [0.5, 0.6) is 5.88 Å². The van der Waals surface area contributed by atoms with Gasteiger partial charge < -0.3 is 9.47 Å². The molecular formula is C18H14N2O5. The van der Waals surface area contributed by atoms with E-state index in [0.29, 0.717) is 16.7 Å². The van der Waals surface area contributed by atoms with Gasteiger partial charge in [-0.05, 0) is 18.2 Å². The van der Waals surface area contributed by atoms with E-state index < -0.39 is 17.8 Å². The number of imide groups is 1. The first kappa shape index (κ1) is 16.4. The molecular weight excluding hydrogens is 324 g/mol. The van der Waals surface area contributed by atoms with E-state index in [1.54, 1.807) is 24.3 Å². The fourth-order valence-corrected chi connectivity index (χ4v) is 2.48. The number of nitrogens with zero attached hydrogens (tertiary/aromatic N) is 2. The van der Waals surface area contributed by atoms with Gasteiger partial charge in [-0.15, -0.1) is 0 Å². The molecule has 0 bridgehead atoms. The molecule has 0 unspecified atom stereocenters. The second-order valence-electron chi connectivity index (χ2n) is 5.15. The SMILES string of the molecule is COC(=O)c1cc(OC)ncc1/C=C/N1C(=O)c2ccccc2C1=O. The van der Waals surface area contributed by atoms with Gasteiger partial charge in [0.05, 0.1) is 30.9 Å². The predicted octanol–water partition coefficient (Wildman–Crippen LogP) is 2.14. The van der Waals surface area contributed by atoms with Gasteiger partial charge in [0.25, 0.3) is 11.8 Å². The quantitative estimate of drug-likeness (QED) is 0.627. The van der Waals surface area contributed by atoms with Gasteiger partial charge in [0.2, 0.25) is 5.88 Å². The average Bonchev–Trinajstić information content (AvgIpc) is 2.90. The Labute approximate surface area is 143 Å². The summed E-state index contributed by atoms with van der Waals surface area (Å²) in [6.45, 7) is 0. The number of carbonyl (C=O) groups excluding carboxylic acids is 3. The lowest BCUT2D eigenvalue weighted by Gasteiger charge is -2.09. The van der Waals surface area contributed by atoms with Crippen LogP contribution in [0.3, 0.4) is 0 Å². The van der Waals surface area contributed by atoms with Gasteiger partial charge in [-0.2, -0.15) is 0 Å². The van der Waals surface area contributed by atoms with Gasteiger partial charge >= 0.3 is 5.97 Å². The molecule has 126 valence electrons. The number of rotatable bonds is 4. The fourth-order valence-electron chi connectivity index (χ4n) is 2.48. The summed E-state index contributed by atoms with van der Waals surface area (Å²) in [5, 5.41) is 0. The molecule has 2 heterocycles. The van der Waals surface area contributed by atoms with Gasteiger partial charge in [0.1, 0.15) is 0 Å². The van der Waals surface area contributed by atoms with Gasteiger partial charge in [-0.25, -0.2) is 14.7 Å². The van der Waals surface area contributed by atoms with Crippen molar-refractivity contribution in [2.45, 2.75) is 0 Å². The third kappa shape index (κ3) is 2.87. The zero-order valence-corrected chi connectivity index (χ0v) is 13.6. The number of methoxy groups -OCH3 is 2. The van der Waals surface area contributed by atoms with Crippen LogP contribution in [0, 0.1) is 0 Å². The molecule has 7 heteroatoms. The molecule has 25 heavy (non-hydrogen) atoms. The van der Waals surface area contributed by atoms with E-state index in [1.165, 1.54) is 38.8 Å². The first-order valence-corrected chi connectivity index (χ1v) is 7.34. The topological polar surface area (TPSA) is 85.8 Å². The summed E-state index contributed by atoms with van der Waals surface area (Å²) in [5.41, 5.74) is 1.29. The second-order valence-corrected chi connectivity index (χ2v) is 5.15. The van der Waals surface area contributed by atoms with Crippen molar-refractivity contribution >= 4 is 23.9 Å². The number of esters is 1. The summed E-state index contributed by atoms with van der Waals surface area (Å²) in [7, 11) is 2.69. The highest BCUT2D eigenvalue weighted by atomic mass is 16.5. The van der Waals surface area contributed by atoms with Crippen LogP contribution in [-0.2, 0) is 4.74 Å². The number of pyridine rings is 1. The lowest BCUT2D eigenvalue weighted by molar-refractivity contribution is 0.0599. The number of hydrogen-bond acceptors (Lipinski definition) is 6. The normalized spacial score (nSPS) is 13.3. The zero-order chi connectivity index (χ0) is 18.0. The van der Waals surface area contributed by atoms with E-state index in [2.05, 4.69) is 4.98 Å². The highest BCUT2D eigenvalue weighted by Crippen LogP contribution is 2.24. The lowest BCUT2D eigenvalue weighted by Crippen LogP contribution is -2.23. The second kappa shape index (κ2) is 6.56. The van der Waals surface area contributed by atoms with Crippen molar-refractivity contribution in [1.29, 1.82) is 0 Å². The molecule has 2 amide bonds. The van der Waals surface area contributed by atoms with E-state index >= 15 is 0 Å². The number of ether oxygens (including phenoxy) is 2. The molecule has 7 nitrogen and oxygen atoms in total. The third-order valence-corrected chi connectivity index (χ3v) is 3.75. The first-order chi connectivity index (χ1) is 12.1. The van der Waals surface area contributed by atoms with Crippen molar-refractivity contribution in [2.75, 3.05) is 14.2 Å². The molecule has 0 aliphatic carbocycles. The van der Waals surface area contributed by atoms with E-state index in [4.69, 9.17) is 9.47 Å². The van der Waals surface area contributed by atoms with Crippen LogP contribution in [0.25, 0.3) is 6.08 Å². The molecule has 0 atom stereocenters.